The molecular weight excluding hydrogens is 366 g/mol. The molecule has 0 radical (unpaired) electrons. The van der Waals surface area contributed by atoms with Crippen molar-refractivity contribution in [2.75, 3.05) is 13.2 Å². The summed E-state index contributed by atoms with van der Waals surface area (Å²) >= 11 is 0. The molecule has 1 saturated heterocycles. The van der Waals surface area contributed by atoms with E-state index in [9.17, 15) is 13.6 Å². The second-order valence-corrected chi connectivity index (χ2v) is 8.03. The summed E-state index contributed by atoms with van der Waals surface area (Å²) in [5.74, 6) is -0.477. The summed E-state index contributed by atoms with van der Waals surface area (Å²) in [6.07, 6.45) is 4.26. The molecule has 3 rings (SSSR count). The molecule has 1 aliphatic carbocycles. The molecule has 1 aromatic rings. The van der Waals surface area contributed by atoms with Crippen molar-refractivity contribution in [2.24, 2.45) is 11.8 Å². The lowest BCUT2D eigenvalue weighted by molar-refractivity contribution is -0.257. The fraction of sp³-hybridized carbons (Fsp3) is 0.682. The molecule has 0 atom stereocenters. The lowest BCUT2D eigenvalue weighted by atomic mass is 9.81. The highest BCUT2D eigenvalue weighted by molar-refractivity contribution is 5.75. The molecule has 156 valence electrons. The number of benzene rings is 1. The zero-order chi connectivity index (χ0) is 20.1. The van der Waals surface area contributed by atoms with Gasteiger partial charge in [0.2, 0.25) is 0 Å². The van der Waals surface area contributed by atoms with Crippen LogP contribution in [0.2, 0.25) is 0 Å². The summed E-state index contributed by atoms with van der Waals surface area (Å²) < 4.78 is 45.0. The molecule has 1 aliphatic heterocycles. The van der Waals surface area contributed by atoms with Crippen molar-refractivity contribution in [2.45, 2.75) is 70.8 Å². The van der Waals surface area contributed by atoms with Gasteiger partial charge in [0.15, 0.2) is 12.0 Å². The van der Waals surface area contributed by atoms with Crippen LogP contribution in [0.4, 0.5) is 8.78 Å². The lowest BCUT2D eigenvalue weighted by Gasteiger charge is -2.39. The van der Waals surface area contributed by atoms with Crippen molar-refractivity contribution in [3.05, 3.63) is 29.6 Å². The van der Waals surface area contributed by atoms with Gasteiger partial charge in [0.05, 0.1) is 19.1 Å². The van der Waals surface area contributed by atoms with Crippen LogP contribution in [0.1, 0.15) is 57.9 Å². The molecule has 2 fully saturated rings. The predicted octanol–water partition coefficient (Wildman–Crippen LogP) is 4.98. The Kier molecular flexibility index (Phi) is 7.05. The van der Waals surface area contributed by atoms with Gasteiger partial charge in [0, 0.05) is 12.0 Å². The number of esters is 1. The topological polar surface area (TPSA) is 44.8 Å². The molecule has 0 spiro atoms. The second-order valence-electron chi connectivity index (χ2n) is 8.03. The van der Waals surface area contributed by atoms with Crippen LogP contribution in [0, 0.1) is 17.7 Å². The Morgan fingerprint density at radius 3 is 2.43 bits per heavy atom. The maximum Gasteiger partial charge on any atom is 0.314 e. The SMILES string of the molecule is CCCC1(F)COC(C2CCC(C(=O)Oc3ccc(CC)c(F)c3)CC2)OC1. The van der Waals surface area contributed by atoms with Crippen LogP contribution in [0.25, 0.3) is 0 Å². The van der Waals surface area contributed by atoms with Crippen molar-refractivity contribution in [3.63, 3.8) is 0 Å². The van der Waals surface area contributed by atoms with Gasteiger partial charge >= 0.3 is 5.97 Å². The van der Waals surface area contributed by atoms with Crippen molar-refractivity contribution in [3.8, 4) is 5.75 Å². The molecule has 1 heterocycles. The third-order valence-corrected chi connectivity index (χ3v) is 5.82. The Labute approximate surface area is 165 Å². The van der Waals surface area contributed by atoms with Crippen LogP contribution >= 0.6 is 0 Å². The van der Waals surface area contributed by atoms with Crippen LogP contribution in [-0.2, 0) is 20.7 Å². The molecule has 0 amide bonds. The van der Waals surface area contributed by atoms with Crippen LogP contribution in [0.3, 0.4) is 0 Å². The van der Waals surface area contributed by atoms with E-state index in [0.717, 1.165) is 19.3 Å². The molecule has 1 saturated carbocycles. The van der Waals surface area contributed by atoms with E-state index in [0.29, 0.717) is 31.2 Å². The van der Waals surface area contributed by atoms with Gasteiger partial charge in [-0.25, -0.2) is 8.78 Å². The third-order valence-electron chi connectivity index (χ3n) is 5.82. The van der Waals surface area contributed by atoms with Crippen molar-refractivity contribution in [1.82, 2.24) is 0 Å². The fourth-order valence-corrected chi connectivity index (χ4v) is 4.12. The maximum absolute atomic E-state index is 14.4. The maximum atomic E-state index is 14.4. The van der Waals surface area contributed by atoms with Gasteiger partial charge in [-0.15, -0.1) is 0 Å². The van der Waals surface area contributed by atoms with E-state index in [4.69, 9.17) is 14.2 Å². The quantitative estimate of drug-likeness (QED) is 0.502. The first kappa shape index (κ1) is 21.2. The van der Waals surface area contributed by atoms with E-state index in [2.05, 4.69) is 0 Å². The molecule has 6 heteroatoms. The average molecular weight is 396 g/mol. The molecule has 1 aromatic carbocycles. The number of rotatable bonds is 6. The first-order chi connectivity index (χ1) is 13.4. The van der Waals surface area contributed by atoms with E-state index < -0.39 is 12.0 Å². The minimum Gasteiger partial charge on any atom is -0.426 e. The van der Waals surface area contributed by atoms with Gasteiger partial charge in [0.25, 0.3) is 0 Å². The molecule has 2 aliphatic rings. The molecule has 0 N–H and O–H groups in total. The van der Waals surface area contributed by atoms with Gasteiger partial charge in [-0.2, -0.15) is 0 Å². The normalized spacial score (nSPS) is 30.8. The van der Waals surface area contributed by atoms with Crippen LogP contribution in [0.15, 0.2) is 18.2 Å². The Morgan fingerprint density at radius 1 is 1.18 bits per heavy atom. The predicted molar refractivity (Wildman–Crippen MR) is 101 cm³/mol. The Hall–Kier alpha value is -1.53. The van der Waals surface area contributed by atoms with E-state index in [1.807, 2.05) is 13.8 Å². The van der Waals surface area contributed by atoms with Crippen molar-refractivity contribution in [1.29, 1.82) is 0 Å². The Balaban J connectivity index is 1.46. The van der Waals surface area contributed by atoms with Crippen LogP contribution in [-0.4, -0.2) is 31.1 Å². The number of hydrogen-bond acceptors (Lipinski definition) is 4. The number of carbonyl (C=O) groups is 1. The standard InChI is InChI=1S/C22H30F2O4/c1-3-11-22(24)13-26-21(27-14-22)17-7-5-16(6-8-17)20(25)28-18-10-9-15(4-2)19(23)12-18/h9-10,12,16-17,21H,3-8,11,13-14H2,1-2H3. The zero-order valence-corrected chi connectivity index (χ0v) is 16.7. The molecule has 0 aromatic heterocycles. The molecule has 28 heavy (non-hydrogen) atoms. The molecule has 4 nitrogen and oxygen atoms in total. The number of carbonyl (C=O) groups excluding carboxylic acids is 1. The van der Waals surface area contributed by atoms with Gasteiger partial charge < -0.3 is 14.2 Å². The summed E-state index contributed by atoms with van der Waals surface area (Å²) in [7, 11) is 0. The number of halogens is 2. The highest BCUT2D eigenvalue weighted by Gasteiger charge is 2.40. The average Bonchev–Trinajstić information content (AvgIpc) is 2.69. The van der Waals surface area contributed by atoms with Gasteiger partial charge in [-0.3, -0.25) is 4.79 Å². The van der Waals surface area contributed by atoms with Gasteiger partial charge in [0.1, 0.15) is 11.6 Å². The third kappa shape index (κ3) is 5.09. The second kappa shape index (κ2) is 9.31. The molecule has 0 bridgehead atoms. The summed E-state index contributed by atoms with van der Waals surface area (Å²) in [5, 5.41) is 0. The minimum absolute atomic E-state index is 0.0762. The first-order valence-electron chi connectivity index (χ1n) is 10.4. The van der Waals surface area contributed by atoms with Crippen LogP contribution in [0.5, 0.6) is 5.75 Å². The Bertz CT molecular complexity index is 663. The van der Waals surface area contributed by atoms with E-state index >= 15 is 0 Å². The highest BCUT2D eigenvalue weighted by Crippen LogP contribution is 2.36. The van der Waals surface area contributed by atoms with Crippen LogP contribution < -0.4 is 4.74 Å². The van der Waals surface area contributed by atoms with Crippen molar-refractivity contribution >= 4 is 5.97 Å². The monoisotopic (exact) mass is 396 g/mol. The van der Waals surface area contributed by atoms with E-state index in [-0.39, 0.29) is 42.6 Å². The summed E-state index contributed by atoms with van der Waals surface area (Å²) in [6.45, 7) is 3.97. The number of ether oxygens (including phenoxy) is 3. The zero-order valence-electron chi connectivity index (χ0n) is 16.7. The number of aryl methyl sites for hydroxylation is 1. The molecular formula is C22H30F2O4. The largest absolute Gasteiger partial charge is 0.426 e. The molecule has 0 unspecified atom stereocenters. The highest BCUT2D eigenvalue weighted by atomic mass is 19.1. The van der Waals surface area contributed by atoms with Gasteiger partial charge in [-0.1, -0.05) is 26.3 Å². The number of alkyl halides is 1. The first-order valence-corrected chi connectivity index (χ1v) is 10.4. The summed E-state index contributed by atoms with van der Waals surface area (Å²) in [5.41, 5.74) is -0.779. The summed E-state index contributed by atoms with van der Waals surface area (Å²) in [6, 6.07) is 4.55. The minimum atomic E-state index is -1.38. The Morgan fingerprint density at radius 2 is 1.86 bits per heavy atom. The van der Waals surface area contributed by atoms with Crippen molar-refractivity contribution < 1.29 is 27.8 Å². The van der Waals surface area contributed by atoms with E-state index in [1.165, 1.54) is 6.07 Å². The fourth-order valence-electron chi connectivity index (χ4n) is 4.12. The van der Waals surface area contributed by atoms with E-state index in [1.54, 1.807) is 12.1 Å². The number of hydrogen-bond donors (Lipinski definition) is 0. The smallest absolute Gasteiger partial charge is 0.314 e. The van der Waals surface area contributed by atoms with Gasteiger partial charge in [-0.05, 0) is 50.2 Å². The summed E-state index contributed by atoms with van der Waals surface area (Å²) in [4.78, 5) is 12.4. The lowest BCUT2D eigenvalue weighted by Crippen LogP contribution is -2.47.